The molecule has 0 aliphatic carbocycles. The van der Waals surface area contributed by atoms with Crippen LogP contribution in [0.15, 0.2) is 24.3 Å². The maximum Gasteiger partial charge on any atom is 0.234 e. The molecule has 0 saturated carbocycles. The van der Waals surface area contributed by atoms with Crippen LogP contribution in [0.4, 0.5) is 4.39 Å². The fourth-order valence-corrected chi connectivity index (χ4v) is 2.09. The zero-order valence-corrected chi connectivity index (χ0v) is 12.7. The van der Waals surface area contributed by atoms with Crippen molar-refractivity contribution in [2.75, 3.05) is 13.1 Å². The minimum atomic E-state index is -0.277. The van der Waals surface area contributed by atoms with Crippen molar-refractivity contribution in [2.45, 2.75) is 33.2 Å². The van der Waals surface area contributed by atoms with Crippen molar-refractivity contribution >= 4 is 5.91 Å². The summed E-state index contributed by atoms with van der Waals surface area (Å²) in [5.74, 6) is -0.428. The summed E-state index contributed by atoms with van der Waals surface area (Å²) in [6.45, 7) is 6.68. The van der Waals surface area contributed by atoms with E-state index >= 15 is 0 Å². The van der Waals surface area contributed by atoms with Gasteiger partial charge in [0.1, 0.15) is 5.82 Å². The number of hydrogen-bond acceptors (Lipinski definition) is 3. The Kier molecular flexibility index (Phi) is 6.32. The van der Waals surface area contributed by atoms with Crippen molar-refractivity contribution in [1.82, 2.24) is 10.6 Å². The van der Waals surface area contributed by atoms with Crippen LogP contribution in [-0.2, 0) is 4.79 Å². The van der Waals surface area contributed by atoms with E-state index in [9.17, 15) is 9.18 Å². The standard InChI is InChI=1S/C16H22FN3O/c1-16(2,3)15(12-5-7-13(17)8-6-12)20-11-14(21)19-10-4-9-18/h5-8,15,20H,4,10-11H2,1-3H3,(H,19,21). The van der Waals surface area contributed by atoms with Gasteiger partial charge in [-0.15, -0.1) is 0 Å². The highest BCUT2D eigenvalue weighted by Crippen LogP contribution is 2.32. The first-order valence-electron chi connectivity index (χ1n) is 6.97. The first-order valence-corrected chi connectivity index (χ1v) is 6.97. The van der Waals surface area contributed by atoms with Gasteiger partial charge in [0.25, 0.3) is 0 Å². The molecule has 0 fully saturated rings. The van der Waals surface area contributed by atoms with E-state index in [1.165, 1.54) is 12.1 Å². The highest BCUT2D eigenvalue weighted by molar-refractivity contribution is 5.78. The Hall–Kier alpha value is -1.93. The number of carbonyl (C=O) groups is 1. The molecule has 0 radical (unpaired) electrons. The molecule has 1 rings (SSSR count). The van der Waals surface area contributed by atoms with Gasteiger partial charge in [0.2, 0.25) is 5.91 Å². The molecule has 114 valence electrons. The number of nitrogens with zero attached hydrogens (tertiary/aromatic N) is 1. The molecule has 1 unspecified atom stereocenters. The Labute approximate surface area is 125 Å². The van der Waals surface area contributed by atoms with Crippen LogP contribution in [0, 0.1) is 22.6 Å². The van der Waals surface area contributed by atoms with Gasteiger partial charge in [-0.3, -0.25) is 4.79 Å². The number of rotatable bonds is 6. The van der Waals surface area contributed by atoms with E-state index < -0.39 is 0 Å². The first-order chi connectivity index (χ1) is 9.84. The third kappa shape index (κ3) is 5.92. The van der Waals surface area contributed by atoms with Crippen LogP contribution in [-0.4, -0.2) is 19.0 Å². The summed E-state index contributed by atoms with van der Waals surface area (Å²) in [6, 6.07) is 8.20. The van der Waals surface area contributed by atoms with E-state index in [0.717, 1.165) is 5.56 Å². The number of nitrogens with one attached hydrogen (secondary N) is 2. The van der Waals surface area contributed by atoms with Gasteiger partial charge in [0, 0.05) is 12.6 Å². The van der Waals surface area contributed by atoms with Crippen molar-refractivity contribution < 1.29 is 9.18 Å². The number of halogens is 1. The van der Waals surface area contributed by atoms with Crippen LogP contribution in [0.2, 0.25) is 0 Å². The summed E-state index contributed by atoms with van der Waals surface area (Å²) in [5, 5.41) is 14.3. The van der Waals surface area contributed by atoms with Gasteiger partial charge < -0.3 is 10.6 Å². The maximum absolute atomic E-state index is 13.0. The average molecular weight is 291 g/mol. The van der Waals surface area contributed by atoms with Crippen LogP contribution in [0.5, 0.6) is 0 Å². The lowest BCUT2D eigenvalue weighted by Gasteiger charge is -2.32. The van der Waals surface area contributed by atoms with Crippen molar-refractivity contribution in [1.29, 1.82) is 5.26 Å². The largest absolute Gasteiger partial charge is 0.354 e. The molecule has 0 heterocycles. The predicted octanol–water partition coefficient (Wildman–Crippen LogP) is 2.53. The van der Waals surface area contributed by atoms with E-state index in [4.69, 9.17) is 5.26 Å². The average Bonchev–Trinajstić information content (AvgIpc) is 2.40. The van der Waals surface area contributed by atoms with E-state index in [2.05, 4.69) is 31.4 Å². The maximum atomic E-state index is 13.0. The quantitative estimate of drug-likeness (QED) is 0.792. The highest BCUT2D eigenvalue weighted by atomic mass is 19.1. The molecule has 5 heteroatoms. The molecule has 0 spiro atoms. The van der Waals surface area contributed by atoms with E-state index in [1.807, 2.05) is 6.07 Å². The summed E-state index contributed by atoms with van der Waals surface area (Å²) >= 11 is 0. The molecule has 1 aromatic carbocycles. The summed E-state index contributed by atoms with van der Waals surface area (Å²) in [5.41, 5.74) is 0.818. The van der Waals surface area contributed by atoms with Crippen LogP contribution in [0.1, 0.15) is 38.8 Å². The van der Waals surface area contributed by atoms with Gasteiger partial charge >= 0.3 is 0 Å². The SMILES string of the molecule is CC(C)(C)C(NCC(=O)NCCC#N)c1ccc(F)cc1. The fraction of sp³-hybridized carbons (Fsp3) is 0.500. The minimum absolute atomic E-state index is 0.0696. The van der Waals surface area contributed by atoms with Gasteiger partial charge in [-0.2, -0.15) is 5.26 Å². The smallest absolute Gasteiger partial charge is 0.234 e. The minimum Gasteiger partial charge on any atom is -0.354 e. The van der Waals surface area contributed by atoms with E-state index in [-0.39, 0.29) is 29.7 Å². The van der Waals surface area contributed by atoms with Crippen molar-refractivity contribution in [3.8, 4) is 6.07 Å². The Morgan fingerprint density at radius 1 is 1.33 bits per heavy atom. The molecular formula is C16H22FN3O. The zero-order valence-electron chi connectivity index (χ0n) is 12.7. The summed E-state index contributed by atoms with van der Waals surface area (Å²) in [4.78, 5) is 11.7. The molecule has 0 aliphatic heterocycles. The van der Waals surface area contributed by atoms with Gasteiger partial charge in [0.05, 0.1) is 19.0 Å². The lowest BCUT2D eigenvalue weighted by atomic mass is 9.82. The number of carbonyl (C=O) groups excluding carboxylic acids is 1. The van der Waals surface area contributed by atoms with E-state index in [0.29, 0.717) is 13.0 Å². The third-order valence-corrected chi connectivity index (χ3v) is 3.10. The molecule has 21 heavy (non-hydrogen) atoms. The molecule has 2 N–H and O–H groups in total. The Balaban J connectivity index is 2.66. The summed E-state index contributed by atoms with van der Waals surface area (Å²) < 4.78 is 13.0. The van der Waals surface area contributed by atoms with Crippen molar-refractivity contribution in [3.63, 3.8) is 0 Å². The van der Waals surface area contributed by atoms with E-state index in [1.54, 1.807) is 12.1 Å². The second-order valence-electron chi connectivity index (χ2n) is 5.99. The fourth-order valence-electron chi connectivity index (χ4n) is 2.09. The Morgan fingerprint density at radius 2 is 1.95 bits per heavy atom. The Bertz CT molecular complexity index is 500. The summed E-state index contributed by atoms with van der Waals surface area (Å²) in [6.07, 6.45) is 0.298. The number of hydrogen-bond donors (Lipinski definition) is 2. The molecule has 0 saturated heterocycles. The Morgan fingerprint density at radius 3 is 2.48 bits per heavy atom. The summed E-state index contributed by atoms with van der Waals surface area (Å²) in [7, 11) is 0. The zero-order chi connectivity index (χ0) is 15.9. The van der Waals surface area contributed by atoms with Crippen LogP contribution in [0.3, 0.4) is 0 Å². The topological polar surface area (TPSA) is 64.9 Å². The molecule has 0 aliphatic rings. The second-order valence-corrected chi connectivity index (χ2v) is 5.99. The van der Waals surface area contributed by atoms with Gasteiger partial charge in [-0.1, -0.05) is 32.9 Å². The van der Waals surface area contributed by atoms with Crippen LogP contribution in [0.25, 0.3) is 0 Å². The van der Waals surface area contributed by atoms with Crippen LogP contribution >= 0.6 is 0 Å². The normalized spacial score (nSPS) is 12.5. The van der Waals surface area contributed by atoms with Gasteiger partial charge in [0.15, 0.2) is 0 Å². The third-order valence-electron chi connectivity index (χ3n) is 3.10. The molecule has 1 atom stereocenters. The molecular weight excluding hydrogens is 269 g/mol. The number of benzene rings is 1. The van der Waals surface area contributed by atoms with Crippen molar-refractivity contribution in [3.05, 3.63) is 35.6 Å². The van der Waals surface area contributed by atoms with Crippen LogP contribution < -0.4 is 10.6 Å². The monoisotopic (exact) mass is 291 g/mol. The number of amides is 1. The molecule has 0 aromatic heterocycles. The first kappa shape index (κ1) is 17.1. The predicted molar refractivity (Wildman–Crippen MR) is 79.8 cm³/mol. The van der Waals surface area contributed by atoms with Gasteiger partial charge in [-0.05, 0) is 23.1 Å². The molecule has 0 bridgehead atoms. The van der Waals surface area contributed by atoms with Gasteiger partial charge in [-0.25, -0.2) is 4.39 Å². The van der Waals surface area contributed by atoms with Crippen molar-refractivity contribution in [2.24, 2.45) is 5.41 Å². The second kappa shape index (κ2) is 7.75. The molecule has 4 nitrogen and oxygen atoms in total. The lowest BCUT2D eigenvalue weighted by molar-refractivity contribution is -0.120. The molecule has 1 amide bonds. The lowest BCUT2D eigenvalue weighted by Crippen LogP contribution is -2.40. The molecule has 1 aromatic rings. The number of nitriles is 1. The highest BCUT2D eigenvalue weighted by Gasteiger charge is 2.26.